The van der Waals surface area contributed by atoms with Gasteiger partial charge < -0.3 is 28.5 Å². The van der Waals surface area contributed by atoms with E-state index in [2.05, 4.69) is 172 Å². The Bertz CT molecular complexity index is 1990. The van der Waals surface area contributed by atoms with Gasteiger partial charge in [0, 0.05) is 12.8 Å². The molecule has 0 saturated heterocycles. The molecule has 2 atom stereocenters. The highest BCUT2D eigenvalue weighted by Gasteiger charge is 2.25. The van der Waals surface area contributed by atoms with Crippen molar-refractivity contribution in [2.75, 3.05) is 47.5 Å². The van der Waals surface area contributed by atoms with Gasteiger partial charge in [-0.1, -0.05) is 281 Å². The molecule has 0 saturated carbocycles. The van der Waals surface area contributed by atoms with E-state index >= 15 is 0 Å². The van der Waals surface area contributed by atoms with Crippen molar-refractivity contribution in [1.82, 2.24) is 0 Å². The van der Waals surface area contributed by atoms with Gasteiger partial charge in [-0.25, -0.2) is 4.79 Å². The molecule has 1 N–H and O–H groups in total. The molecule has 492 valence electrons. The van der Waals surface area contributed by atoms with Crippen LogP contribution in [0.5, 0.6) is 0 Å². The van der Waals surface area contributed by atoms with Gasteiger partial charge in [0.25, 0.3) is 6.29 Å². The number of ether oxygens (including phenoxy) is 4. The van der Waals surface area contributed by atoms with Crippen LogP contribution in [0.15, 0.2) is 158 Å². The van der Waals surface area contributed by atoms with Gasteiger partial charge in [0.1, 0.15) is 13.2 Å². The minimum atomic E-state index is -1.53. The van der Waals surface area contributed by atoms with Gasteiger partial charge in [0.05, 0.1) is 34.4 Å². The summed E-state index contributed by atoms with van der Waals surface area (Å²) in [6, 6.07) is 0. The lowest BCUT2D eigenvalue weighted by molar-refractivity contribution is -0.870. The van der Waals surface area contributed by atoms with Crippen LogP contribution < -0.4 is 0 Å². The Hall–Kier alpha value is -5.09. The van der Waals surface area contributed by atoms with E-state index in [9.17, 15) is 19.5 Å². The van der Waals surface area contributed by atoms with Crippen molar-refractivity contribution in [3.05, 3.63) is 158 Å². The number of carboxylic acid groups (broad SMARTS) is 1. The van der Waals surface area contributed by atoms with Crippen LogP contribution in [0.25, 0.3) is 0 Å². The van der Waals surface area contributed by atoms with Crippen molar-refractivity contribution >= 4 is 17.9 Å². The molecule has 0 aromatic rings. The molecule has 0 aliphatic carbocycles. The molecule has 0 bridgehead atoms. The molecule has 0 aliphatic rings. The van der Waals surface area contributed by atoms with Crippen LogP contribution in [0, 0.1) is 0 Å². The van der Waals surface area contributed by atoms with Gasteiger partial charge in [-0.15, -0.1) is 0 Å². The van der Waals surface area contributed by atoms with Gasteiger partial charge >= 0.3 is 17.9 Å². The quantitative estimate of drug-likeness (QED) is 0.0211. The van der Waals surface area contributed by atoms with Crippen molar-refractivity contribution < 1.29 is 42.9 Å². The number of hydrogen-bond acceptors (Lipinski definition) is 7. The Morgan fingerprint density at radius 2 is 0.621 bits per heavy atom. The van der Waals surface area contributed by atoms with E-state index in [4.69, 9.17) is 18.9 Å². The fourth-order valence-corrected chi connectivity index (χ4v) is 9.06. The summed E-state index contributed by atoms with van der Waals surface area (Å²) in [5, 5.41) is 9.75. The number of carboxylic acids is 1. The third kappa shape index (κ3) is 68.3. The second kappa shape index (κ2) is 66.9. The van der Waals surface area contributed by atoms with Crippen molar-refractivity contribution in [2.45, 2.75) is 270 Å². The minimum absolute atomic E-state index is 0.175. The molecule has 0 rings (SSSR count). The van der Waals surface area contributed by atoms with E-state index in [0.717, 1.165) is 128 Å². The lowest BCUT2D eigenvalue weighted by atomic mass is 10.0. The van der Waals surface area contributed by atoms with Crippen LogP contribution in [-0.2, 0) is 33.3 Å². The van der Waals surface area contributed by atoms with Crippen LogP contribution in [0.3, 0.4) is 0 Å². The molecule has 0 spiro atoms. The molecule has 0 amide bonds. The first kappa shape index (κ1) is 81.9. The summed E-state index contributed by atoms with van der Waals surface area (Å²) in [4.78, 5) is 37.6. The number of quaternary nitrogens is 1. The van der Waals surface area contributed by atoms with Crippen LogP contribution >= 0.6 is 0 Å². The lowest BCUT2D eigenvalue weighted by Crippen LogP contribution is -2.40. The number of carbonyl (C=O) groups excluding carboxylic acids is 2. The lowest BCUT2D eigenvalue weighted by Gasteiger charge is -2.25. The molecule has 0 aromatic carbocycles. The fourth-order valence-electron chi connectivity index (χ4n) is 9.06. The monoisotopic (exact) mass is 1210 g/mol. The maximum absolute atomic E-state index is 12.9. The predicted octanol–water partition coefficient (Wildman–Crippen LogP) is 21.7. The van der Waals surface area contributed by atoms with Crippen LogP contribution in [0.2, 0.25) is 0 Å². The first-order valence-corrected chi connectivity index (χ1v) is 34.6. The Morgan fingerprint density at radius 1 is 0.345 bits per heavy atom. The smallest absolute Gasteiger partial charge is 0.361 e. The highest BCUT2D eigenvalue weighted by atomic mass is 16.7. The van der Waals surface area contributed by atoms with Gasteiger partial charge in [-0.2, -0.15) is 0 Å². The first-order chi connectivity index (χ1) is 42.6. The number of aliphatic carboxylic acids is 1. The van der Waals surface area contributed by atoms with E-state index in [1.54, 1.807) is 0 Å². The second-order valence-electron chi connectivity index (χ2n) is 23.7. The largest absolute Gasteiger partial charge is 0.477 e. The van der Waals surface area contributed by atoms with Crippen molar-refractivity contribution in [2.24, 2.45) is 0 Å². The maximum Gasteiger partial charge on any atom is 0.361 e. The average Bonchev–Trinajstić information content (AvgIpc) is 3.57. The van der Waals surface area contributed by atoms with Gasteiger partial charge in [0.2, 0.25) is 0 Å². The Morgan fingerprint density at radius 3 is 0.920 bits per heavy atom. The van der Waals surface area contributed by atoms with Gasteiger partial charge in [-0.05, 0) is 122 Å². The molecule has 0 aromatic heterocycles. The molecule has 0 fully saturated rings. The number of allylic oxidation sites excluding steroid dienone is 26. The molecule has 87 heavy (non-hydrogen) atoms. The molecule has 9 heteroatoms. The standard InChI is InChI=1S/C78H127NO8/c1-6-8-10-12-14-16-18-20-22-24-26-28-30-32-34-36-37-38-39-41-42-44-46-48-50-52-54-56-58-60-62-64-66-68-75(80)85-72-74(73-86-78(77(82)83)84-71-70-79(3,4)5)87-76(81)69-67-65-63-61-59-57-55-53-51-49-47-45-43-40-35-33-31-29-27-25-23-21-19-17-15-13-11-9-7-2/h8-11,14-17,20-23,26-29,32-35,43,45,49,51,55,57,74,78H,6-7,12-13,18-19,24-25,30-31,36-42,44,46-48,50,52-54,56,58-73H2,1-5H3/p+1/b10-8-,11-9-,16-14-,17-15-,22-20-,23-21-,28-26-,29-27-,34-32-,35-33-,45-43-,51-49-,57-55-. The van der Waals surface area contributed by atoms with Gasteiger partial charge in [-0.3, -0.25) is 9.59 Å². The highest BCUT2D eigenvalue weighted by Crippen LogP contribution is 2.16. The van der Waals surface area contributed by atoms with Crippen molar-refractivity contribution in [3.63, 3.8) is 0 Å². The summed E-state index contributed by atoms with van der Waals surface area (Å²) >= 11 is 0. The third-order valence-electron chi connectivity index (χ3n) is 14.3. The predicted molar refractivity (Wildman–Crippen MR) is 373 cm³/mol. The summed E-state index contributed by atoms with van der Waals surface area (Å²) in [6.45, 7) is 4.61. The zero-order chi connectivity index (χ0) is 63.3. The summed E-state index contributed by atoms with van der Waals surface area (Å²) in [5.41, 5.74) is 0. The molecule has 9 nitrogen and oxygen atoms in total. The Balaban J connectivity index is 4.20. The third-order valence-corrected chi connectivity index (χ3v) is 14.3. The molecule has 0 aliphatic heterocycles. The number of nitrogens with zero attached hydrogens (tertiary/aromatic N) is 1. The molecular weight excluding hydrogens is 1080 g/mol. The van der Waals surface area contributed by atoms with Gasteiger partial charge in [0.15, 0.2) is 6.10 Å². The van der Waals surface area contributed by atoms with Crippen molar-refractivity contribution in [1.29, 1.82) is 0 Å². The van der Waals surface area contributed by atoms with E-state index in [0.29, 0.717) is 17.4 Å². The SMILES string of the molecule is CC/C=C\C/C=C\C/C=C\C/C=C\C/C=C\C/C=C\C/C=C\C/C=C\CCCCCCC(=O)OC(COC(=O)CCCCCCCCCCCCCCCCCCC/C=C\C/C=C\C/C=C\C/C=C\C/C=C\CC)COC(OCC[N+](C)(C)C)C(=O)O. The van der Waals surface area contributed by atoms with Crippen molar-refractivity contribution in [3.8, 4) is 0 Å². The van der Waals surface area contributed by atoms with Crippen LogP contribution in [0.1, 0.15) is 258 Å². The molecular formula is C78H128NO8+. The van der Waals surface area contributed by atoms with E-state index in [1.807, 2.05) is 21.1 Å². The zero-order valence-electron chi connectivity index (χ0n) is 56.1. The highest BCUT2D eigenvalue weighted by molar-refractivity contribution is 5.71. The average molecular weight is 1210 g/mol. The zero-order valence-corrected chi connectivity index (χ0v) is 56.1. The number of likely N-dealkylation sites (N-methyl/N-ethyl adjacent to an activating group) is 1. The van der Waals surface area contributed by atoms with E-state index in [1.165, 1.54) is 96.3 Å². The fraction of sp³-hybridized carbons (Fsp3) is 0.628. The van der Waals surface area contributed by atoms with Crippen LogP contribution in [-0.4, -0.2) is 87.4 Å². The number of unbranched alkanes of at least 4 members (excludes halogenated alkanes) is 21. The summed E-state index contributed by atoms with van der Waals surface area (Å²) in [6.07, 6.45) is 96.3. The van der Waals surface area contributed by atoms with E-state index < -0.39 is 24.3 Å². The number of esters is 2. The summed E-state index contributed by atoms with van der Waals surface area (Å²) in [5.74, 6) is -2.05. The van der Waals surface area contributed by atoms with E-state index in [-0.39, 0.29) is 38.6 Å². The summed E-state index contributed by atoms with van der Waals surface area (Å²) < 4.78 is 22.9. The Labute approximate surface area is 534 Å². The first-order valence-electron chi connectivity index (χ1n) is 34.6. The number of hydrogen-bond donors (Lipinski definition) is 1. The maximum atomic E-state index is 12.9. The molecule has 2 unspecified atom stereocenters. The second-order valence-corrected chi connectivity index (χ2v) is 23.7. The minimum Gasteiger partial charge on any atom is -0.477 e. The number of carbonyl (C=O) groups is 3. The van der Waals surface area contributed by atoms with Crippen LogP contribution in [0.4, 0.5) is 0 Å². The Kier molecular flexibility index (Phi) is 62.9. The normalized spacial score (nSPS) is 13.7. The number of rotatable bonds is 62. The topological polar surface area (TPSA) is 108 Å². The summed E-state index contributed by atoms with van der Waals surface area (Å²) in [7, 11) is 5.96. The molecule has 0 radical (unpaired) electrons. The molecule has 0 heterocycles.